The Kier molecular flexibility index (Phi) is 2.04. The number of hydrogen-bond donors (Lipinski definition) is 2. The summed E-state index contributed by atoms with van der Waals surface area (Å²) in [6.45, 7) is 5.64. The summed E-state index contributed by atoms with van der Waals surface area (Å²) < 4.78 is 0. The Bertz CT molecular complexity index is 198. The number of carbonyl (C=O) groups is 1. The van der Waals surface area contributed by atoms with Crippen LogP contribution in [0.15, 0.2) is 0 Å². The molecule has 0 aromatic heterocycles. The van der Waals surface area contributed by atoms with Crippen molar-refractivity contribution >= 4 is 6.09 Å². The van der Waals surface area contributed by atoms with E-state index in [0.717, 1.165) is 6.42 Å². The first-order chi connectivity index (χ1) is 5.34. The summed E-state index contributed by atoms with van der Waals surface area (Å²) in [5.41, 5.74) is 5.25. The molecule has 1 amide bonds. The number of rotatable bonds is 1. The van der Waals surface area contributed by atoms with Gasteiger partial charge in [0.05, 0.1) is 6.04 Å². The predicted octanol–water partition coefficient (Wildman–Crippen LogP) is 0.865. The van der Waals surface area contributed by atoms with Gasteiger partial charge in [-0.3, -0.25) is 4.90 Å². The number of carboxylic acid groups (broad SMARTS) is 1. The normalized spacial score (nSPS) is 28.3. The van der Waals surface area contributed by atoms with E-state index < -0.39 is 6.09 Å². The highest BCUT2D eigenvalue weighted by molar-refractivity contribution is 5.67. The van der Waals surface area contributed by atoms with Crippen molar-refractivity contribution in [3.63, 3.8) is 0 Å². The molecule has 1 saturated carbocycles. The van der Waals surface area contributed by atoms with Crippen LogP contribution in [0.2, 0.25) is 0 Å². The van der Waals surface area contributed by atoms with Crippen molar-refractivity contribution in [3.8, 4) is 0 Å². The fraction of sp³-hybridized carbons (Fsp3) is 0.875. The zero-order valence-electron chi connectivity index (χ0n) is 7.74. The molecular formula is C8H16N2O2. The lowest BCUT2D eigenvalue weighted by Gasteiger charge is -2.33. The molecule has 0 aliphatic heterocycles. The minimum absolute atomic E-state index is 0.0301. The van der Waals surface area contributed by atoms with Crippen LogP contribution in [-0.4, -0.2) is 33.7 Å². The second kappa shape index (κ2) is 2.62. The van der Waals surface area contributed by atoms with Gasteiger partial charge < -0.3 is 10.8 Å². The van der Waals surface area contributed by atoms with Crippen molar-refractivity contribution in [2.75, 3.05) is 0 Å². The van der Waals surface area contributed by atoms with Gasteiger partial charge in [-0.05, 0) is 27.2 Å². The monoisotopic (exact) mass is 172 g/mol. The van der Waals surface area contributed by atoms with Gasteiger partial charge in [0.1, 0.15) is 0 Å². The van der Waals surface area contributed by atoms with E-state index in [1.54, 1.807) is 0 Å². The van der Waals surface area contributed by atoms with Gasteiger partial charge in [0, 0.05) is 11.6 Å². The van der Waals surface area contributed by atoms with Crippen LogP contribution in [0, 0.1) is 0 Å². The maximum absolute atomic E-state index is 10.8. The first-order valence-corrected chi connectivity index (χ1v) is 4.12. The minimum Gasteiger partial charge on any atom is -0.465 e. The van der Waals surface area contributed by atoms with Gasteiger partial charge in [-0.25, -0.2) is 4.79 Å². The molecule has 1 aliphatic rings. The number of nitrogens with two attached hydrogens (primary N) is 1. The number of nitrogens with zero attached hydrogens (tertiary/aromatic N) is 1. The number of hydrogen-bond acceptors (Lipinski definition) is 2. The largest absolute Gasteiger partial charge is 0.465 e. The lowest BCUT2D eigenvalue weighted by Crippen LogP contribution is -2.48. The minimum atomic E-state index is -0.875. The molecule has 0 bridgehead atoms. The first kappa shape index (κ1) is 9.32. The Morgan fingerprint density at radius 3 is 2.08 bits per heavy atom. The van der Waals surface area contributed by atoms with Crippen LogP contribution in [0.1, 0.15) is 27.2 Å². The molecule has 1 aliphatic carbocycles. The molecule has 0 spiro atoms. The van der Waals surface area contributed by atoms with Gasteiger partial charge >= 0.3 is 6.09 Å². The molecule has 2 atom stereocenters. The third-order valence-electron chi connectivity index (χ3n) is 2.07. The quantitative estimate of drug-likeness (QED) is 0.616. The van der Waals surface area contributed by atoms with E-state index in [-0.39, 0.29) is 17.6 Å². The van der Waals surface area contributed by atoms with Crippen molar-refractivity contribution < 1.29 is 9.90 Å². The van der Waals surface area contributed by atoms with Crippen molar-refractivity contribution in [2.45, 2.75) is 44.8 Å². The van der Waals surface area contributed by atoms with Crippen LogP contribution in [0.5, 0.6) is 0 Å². The first-order valence-electron chi connectivity index (χ1n) is 4.12. The molecule has 0 radical (unpaired) electrons. The Balaban J connectivity index is 2.69. The Morgan fingerprint density at radius 1 is 1.58 bits per heavy atom. The average molecular weight is 172 g/mol. The van der Waals surface area contributed by atoms with E-state index in [9.17, 15) is 4.79 Å². The van der Waals surface area contributed by atoms with Gasteiger partial charge in [0.25, 0.3) is 0 Å². The zero-order valence-corrected chi connectivity index (χ0v) is 7.74. The molecule has 4 nitrogen and oxygen atoms in total. The molecule has 1 fully saturated rings. The molecule has 70 valence electrons. The molecule has 0 aromatic rings. The molecule has 12 heavy (non-hydrogen) atoms. The van der Waals surface area contributed by atoms with Crippen molar-refractivity contribution in [3.05, 3.63) is 0 Å². The molecule has 0 aromatic carbocycles. The summed E-state index contributed by atoms with van der Waals surface area (Å²) in [5, 5.41) is 8.91. The summed E-state index contributed by atoms with van der Waals surface area (Å²) >= 11 is 0. The van der Waals surface area contributed by atoms with Gasteiger partial charge in [0.2, 0.25) is 0 Å². The van der Waals surface area contributed by atoms with Crippen LogP contribution in [-0.2, 0) is 0 Å². The summed E-state index contributed by atoms with van der Waals surface area (Å²) in [6.07, 6.45) is -0.0794. The maximum Gasteiger partial charge on any atom is 0.408 e. The van der Waals surface area contributed by atoms with E-state index in [1.807, 2.05) is 20.8 Å². The second-order valence-electron chi connectivity index (χ2n) is 4.29. The van der Waals surface area contributed by atoms with Gasteiger partial charge in [-0.1, -0.05) is 0 Å². The molecule has 3 N–H and O–H groups in total. The topological polar surface area (TPSA) is 66.6 Å². The Labute approximate surface area is 72.3 Å². The SMILES string of the molecule is CC(C)(C)N(C(=O)O)[C@@H]1C[C@H]1N. The smallest absolute Gasteiger partial charge is 0.408 e. The highest BCUT2D eigenvalue weighted by atomic mass is 16.4. The standard InChI is InChI=1S/C8H16N2O2/c1-8(2,3)10(7(11)12)6-4-5(6)9/h5-6H,4,9H2,1-3H3,(H,11,12)/t5-,6-/m1/s1. The Hall–Kier alpha value is -0.770. The summed E-state index contributed by atoms with van der Waals surface area (Å²) in [7, 11) is 0. The van der Waals surface area contributed by atoms with E-state index >= 15 is 0 Å². The van der Waals surface area contributed by atoms with E-state index in [4.69, 9.17) is 10.8 Å². The summed E-state index contributed by atoms with van der Waals surface area (Å²) in [4.78, 5) is 12.3. The Morgan fingerprint density at radius 2 is 2.00 bits per heavy atom. The van der Waals surface area contributed by atoms with Crippen LogP contribution in [0.3, 0.4) is 0 Å². The third-order valence-corrected chi connectivity index (χ3v) is 2.07. The highest BCUT2D eigenvalue weighted by Gasteiger charge is 2.45. The van der Waals surface area contributed by atoms with Gasteiger partial charge in [0.15, 0.2) is 0 Å². The molecule has 0 saturated heterocycles. The second-order valence-corrected chi connectivity index (χ2v) is 4.29. The van der Waals surface area contributed by atoms with Crippen molar-refractivity contribution in [1.82, 2.24) is 4.90 Å². The number of amides is 1. The predicted molar refractivity (Wildman–Crippen MR) is 46.0 cm³/mol. The highest BCUT2D eigenvalue weighted by Crippen LogP contribution is 2.31. The van der Waals surface area contributed by atoms with Crippen LogP contribution < -0.4 is 5.73 Å². The van der Waals surface area contributed by atoms with E-state index in [2.05, 4.69) is 0 Å². The molecule has 0 unspecified atom stereocenters. The maximum atomic E-state index is 10.8. The van der Waals surface area contributed by atoms with Gasteiger partial charge in [-0.15, -0.1) is 0 Å². The lowest BCUT2D eigenvalue weighted by atomic mass is 10.1. The zero-order chi connectivity index (χ0) is 9.52. The summed E-state index contributed by atoms with van der Waals surface area (Å²) in [5.74, 6) is 0. The van der Waals surface area contributed by atoms with Gasteiger partial charge in [-0.2, -0.15) is 0 Å². The molecule has 4 heteroatoms. The van der Waals surface area contributed by atoms with Crippen molar-refractivity contribution in [2.24, 2.45) is 5.73 Å². The molecule has 1 rings (SSSR count). The van der Waals surface area contributed by atoms with E-state index in [0.29, 0.717) is 0 Å². The van der Waals surface area contributed by atoms with Crippen LogP contribution in [0.25, 0.3) is 0 Å². The van der Waals surface area contributed by atoms with Crippen molar-refractivity contribution in [1.29, 1.82) is 0 Å². The van der Waals surface area contributed by atoms with Crippen LogP contribution in [0.4, 0.5) is 4.79 Å². The molecular weight excluding hydrogens is 156 g/mol. The lowest BCUT2D eigenvalue weighted by molar-refractivity contribution is 0.0941. The summed E-state index contributed by atoms with van der Waals surface area (Å²) in [6, 6.07) is 0.0721. The third kappa shape index (κ3) is 1.69. The van der Waals surface area contributed by atoms with E-state index in [1.165, 1.54) is 4.90 Å². The molecule has 0 heterocycles. The fourth-order valence-electron chi connectivity index (χ4n) is 1.42. The van der Waals surface area contributed by atoms with Crippen LogP contribution >= 0.6 is 0 Å². The fourth-order valence-corrected chi connectivity index (χ4v) is 1.42. The average Bonchev–Trinajstić information content (AvgIpc) is 2.41.